The highest BCUT2D eigenvalue weighted by Gasteiger charge is 2.23. The zero-order chi connectivity index (χ0) is 10.7. The molecule has 0 aromatic carbocycles. The molecule has 1 aromatic rings. The van der Waals surface area contributed by atoms with Gasteiger partial charge in [-0.25, -0.2) is 4.68 Å². The zero-order valence-corrected chi connectivity index (χ0v) is 9.78. The number of thioether (sulfide) groups is 1. The average Bonchev–Trinajstić information content (AvgIpc) is 2.50. The van der Waals surface area contributed by atoms with Crippen LogP contribution in [0.3, 0.4) is 0 Å². The van der Waals surface area contributed by atoms with Crippen molar-refractivity contribution < 1.29 is 0 Å². The number of hydrogen-bond acceptors (Lipinski definition) is 5. The van der Waals surface area contributed by atoms with Crippen molar-refractivity contribution in [3.63, 3.8) is 0 Å². The molecule has 0 radical (unpaired) electrons. The zero-order valence-electron chi connectivity index (χ0n) is 8.96. The van der Waals surface area contributed by atoms with E-state index in [0.29, 0.717) is 5.25 Å². The molecule has 1 heterocycles. The van der Waals surface area contributed by atoms with Gasteiger partial charge in [0.05, 0.1) is 0 Å². The second-order valence-corrected chi connectivity index (χ2v) is 5.25. The first kappa shape index (κ1) is 10.9. The molecule has 1 saturated carbocycles. The van der Waals surface area contributed by atoms with Gasteiger partial charge in [-0.1, -0.05) is 31.0 Å². The Morgan fingerprint density at radius 2 is 2.13 bits per heavy atom. The van der Waals surface area contributed by atoms with E-state index in [2.05, 4.69) is 15.5 Å². The monoisotopic (exact) mass is 227 g/mol. The molecule has 2 rings (SSSR count). The summed E-state index contributed by atoms with van der Waals surface area (Å²) in [5.74, 6) is 0. The second-order valence-electron chi connectivity index (χ2n) is 4.04. The number of aromatic nitrogens is 4. The lowest BCUT2D eigenvalue weighted by Crippen LogP contribution is -2.31. The summed E-state index contributed by atoms with van der Waals surface area (Å²) in [5.41, 5.74) is 6.15. The van der Waals surface area contributed by atoms with Gasteiger partial charge in [0, 0.05) is 18.3 Å². The van der Waals surface area contributed by atoms with Crippen molar-refractivity contribution in [1.82, 2.24) is 20.2 Å². The number of nitrogens with two attached hydrogens (primary N) is 1. The van der Waals surface area contributed by atoms with Crippen molar-refractivity contribution >= 4 is 11.8 Å². The molecule has 5 nitrogen and oxygen atoms in total. The minimum atomic E-state index is 0.286. The van der Waals surface area contributed by atoms with Gasteiger partial charge < -0.3 is 5.73 Å². The number of nitrogens with zero attached hydrogens (tertiary/aromatic N) is 4. The molecule has 15 heavy (non-hydrogen) atoms. The van der Waals surface area contributed by atoms with Crippen molar-refractivity contribution in [1.29, 1.82) is 0 Å². The third-order valence-electron chi connectivity index (χ3n) is 2.84. The van der Waals surface area contributed by atoms with Gasteiger partial charge in [0.15, 0.2) is 0 Å². The highest BCUT2D eigenvalue weighted by Crippen LogP contribution is 2.30. The third kappa shape index (κ3) is 2.69. The largest absolute Gasteiger partial charge is 0.327 e. The molecule has 0 spiro atoms. The summed E-state index contributed by atoms with van der Waals surface area (Å²) >= 11 is 1.72. The van der Waals surface area contributed by atoms with E-state index in [4.69, 9.17) is 5.73 Å². The van der Waals surface area contributed by atoms with Crippen molar-refractivity contribution in [3.8, 4) is 0 Å². The van der Waals surface area contributed by atoms with Crippen LogP contribution >= 0.6 is 11.8 Å². The van der Waals surface area contributed by atoms with Gasteiger partial charge in [-0.05, 0) is 23.3 Å². The van der Waals surface area contributed by atoms with Gasteiger partial charge in [0.2, 0.25) is 5.16 Å². The first-order valence-corrected chi connectivity index (χ1v) is 6.30. The maximum Gasteiger partial charge on any atom is 0.209 e. The van der Waals surface area contributed by atoms with Crippen LogP contribution in [0.2, 0.25) is 0 Å². The molecule has 84 valence electrons. The highest BCUT2D eigenvalue weighted by molar-refractivity contribution is 7.99. The maximum absolute atomic E-state index is 6.15. The molecule has 2 N–H and O–H groups in total. The third-order valence-corrected chi connectivity index (χ3v) is 4.29. The molecule has 1 fully saturated rings. The topological polar surface area (TPSA) is 69.6 Å². The molecular weight excluding hydrogens is 210 g/mol. The molecule has 1 aliphatic rings. The first-order valence-electron chi connectivity index (χ1n) is 5.42. The predicted molar refractivity (Wildman–Crippen MR) is 59.5 cm³/mol. The van der Waals surface area contributed by atoms with Crippen LogP contribution in [0.4, 0.5) is 0 Å². The Labute approximate surface area is 93.8 Å². The van der Waals surface area contributed by atoms with Crippen LogP contribution in [0.5, 0.6) is 0 Å². The van der Waals surface area contributed by atoms with E-state index >= 15 is 0 Å². The summed E-state index contributed by atoms with van der Waals surface area (Å²) in [6, 6.07) is 0.286. The van der Waals surface area contributed by atoms with E-state index in [1.807, 2.05) is 7.05 Å². The highest BCUT2D eigenvalue weighted by atomic mass is 32.2. The molecule has 0 amide bonds. The summed E-state index contributed by atoms with van der Waals surface area (Å²) in [6.07, 6.45) is 6.15. The van der Waals surface area contributed by atoms with Crippen LogP contribution in [-0.4, -0.2) is 31.5 Å². The lowest BCUT2D eigenvalue weighted by atomic mass is 10.1. The molecule has 1 aromatic heterocycles. The molecule has 2 atom stereocenters. The van der Waals surface area contributed by atoms with Crippen LogP contribution in [0.25, 0.3) is 0 Å². The van der Waals surface area contributed by atoms with Gasteiger partial charge in [-0.2, -0.15) is 0 Å². The Morgan fingerprint density at radius 1 is 1.33 bits per heavy atom. The van der Waals surface area contributed by atoms with Crippen molar-refractivity contribution in [2.75, 3.05) is 0 Å². The summed E-state index contributed by atoms with van der Waals surface area (Å²) in [6.45, 7) is 0. The molecule has 2 unspecified atom stereocenters. The van der Waals surface area contributed by atoms with Crippen LogP contribution in [0.1, 0.15) is 32.1 Å². The van der Waals surface area contributed by atoms with Gasteiger partial charge in [0.25, 0.3) is 0 Å². The van der Waals surface area contributed by atoms with Crippen molar-refractivity contribution in [2.45, 2.75) is 48.6 Å². The number of hydrogen-bond donors (Lipinski definition) is 1. The smallest absolute Gasteiger partial charge is 0.209 e. The number of aryl methyl sites for hydroxylation is 1. The summed E-state index contributed by atoms with van der Waals surface area (Å²) in [5, 5.41) is 12.8. The number of tetrazole rings is 1. The van der Waals surface area contributed by atoms with Crippen LogP contribution in [-0.2, 0) is 7.05 Å². The molecule has 1 aliphatic carbocycles. The van der Waals surface area contributed by atoms with E-state index < -0.39 is 0 Å². The Bertz CT molecular complexity index is 313. The quantitative estimate of drug-likeness (QED) is 0.762. The van der Waals surface area contributed by atoms with Gasteiger partial charge in [-0.15, -0.1) is 5.10 Å². The van der Waals surface area contributed by atoms with E-state index in [1.165, 1.54) is 25.7 Å². The van der Waals surface area contributed by atoms with Crippen molar-refractivity contribution in [3.05, 3.63) is 0 Å². The van der Waals surface area contributed by atoms with Crippen LogP contribution < -0.4 is 5.73 Å². The fourth-order valence-corrected chi connectivity index (χ4v) is 3.04. The van der Waals surface area contributed by atoms with E-state index in [0.717, 1.165) is 11.6 Å². The Morgan fingerprint density at radius 3 is 2.87 bits per heavy atom. The van der Waals surface area contributed by atoms with Gasteiger partial charge >= 0.3 is 0 Å². The lowest BCUT2D eigenvalue weighted by molar-refractivity contribution is 0.591. The molecule has 0 aliphatic heterocycles. The number of rotatable bonds is 2. The van der Waals surface area contributed by atoms with Crippen LogP contribution in [0.15, 0.2) is 5.16 Å². The fraction of sp³-hybridized carbons (Fsp3) is 0.889. The normalized spacial score (nSPS) is 27.6. The maximum atomic E-state index is 6.15. The summed E-state index contributed by atoms with van der Waals surface area (Å²) < 4.78 is 1.71. The standard InChI is InChI=1S/C9H17N5S/c1-14-9(11-12-13-14)15-8-6-4-2-3-5-7(8)10/h7-8H,2-6,10H2,1H3. The summed E-state index contributed by atoms with van der Waals surface area (Å²) in [7, 11) is 1.87. The Balaban J connectivity index is 2.00. The second kappa shape index (κ2) is 4.94. The molecule has 0 bridgehead atoms. The predicted octanol–water partition coefficient (Wildman–Crippen LogP) is 0.962. The first-order chi connectivity index (χ1) is 7.27. The molecule has 0 saturated heterocycles. The minimum absolute atomic E-state index is 0.286. The molecular formula is C9H17N5S. The van der Waals surface area contributed by atoms with E-state index in [9.17, 15) is 0 Å². The van der Waals surface area contributed by atoms with Gasteiger partial charge in [-0.3, -0.25) is 0 Å². The van der Waals surface area contributed by atoms with E-state index in [1.54, 1.807) is 16.4 Å². The average molecular weight is 227 g/mol. The van der Waals surface area contributed by atoms with E-state index in [-0.39, 0.29) is 6.04 Å². The SMILES string of the molecule is Cn1nnnc1SC1CCCCCC1N. The Kier molecular flexibility index (Phi) is 3.58. The summed E-state index contributed by atoms with van der Waals surface area (Å²) in [4.78, 5) is 0. The van der Waals surface area contributed by atoms with Crippen molar-refractivity contribution in [2.24, 2.45) is 12.8 Å². The fourth-order valence-electron chi connectivity index (χ4n) is 1.91. The van der Waals surface area contributed by atoms with Crippen LogP contribution in [0, 0.1) is 0 Å². The van der Waals surface area contributed by atoms with Gasteiger partial charge in [0.1, 0.15) is 0 Å². The Hall–Kier alpha value is -0.620. The lowest BCUT2D eigenvalue weighted by Gasteiger charge is -2.19. The minimum Gasteiger partial charge on any atom is -0.327 e. The molecule has 6 heteroatoms.